The molecule has 3 aromatic rings. The van der Waals surface area contributed by atoms with Crippen molar-refractivity contribution in [3.63, 3.8) is 0 Å². The molecule has 1 N–H and O–H groups in total. The fourth-order valence-electron chi connectivity index (χ4n) is 3.64. The van der Waals surface area contributed by atoms with Gasteiger partial charge in [0.1, 0.15) is 17.3 Å². The SMILES string of the molecule is COc1ccc2c(c1)C(c1ccc(O)cc1)=C(c1ccc(F)cc1Cl)CC2. The van der Waals surface area contributed by atoms with Crippen molar-refractivity contribution in [3.8, 4) is 11.5 Å². The van der Waals surface area contributed by atoms with Gasteiger partial charge in [-0.25, -0.2) is 4.39 Å². The molecule has 0 atom stereocenters. The third-order valence-electron chi connectivity index (χ3n) is 4.94. The van der Waals surface area contributed by atoms with Crippen molar-refractivity contribution >= 4 is 22.7 Å². The lowest BCUT2D eigenvalue weighted by Gasteiger charge is -2.25. The number of phenolic OH excluding ortho intramolecular Hbond substituents is 1. The molecule has 3 aromatic carbocycles. The molecule has 0 fully saturated rings. The van der Waals surface area contributed by atoms with Gasteiger partial charge in [0.15, 0.2) is 0 Å². The maximum atomic E-state index is 13.6. The zero-order chi connectivity index (χ0) is 19.0. The summed E-state index contributed by atoms with van der Waals surface area (Å²) < 4.78 is 19.0. The van der Waals surface area contributed by atoms with E-state index in [1.54, 1.807) is 25.3 Å². The molecule has 0 spiro atoms. The van der Waals surface area contributed by atoms with Crippen molar-refractivity contribution in [1.29, 1.82) is 0 Å². The number of methoxy groups -OCH3 is 1. The van der Waals surface area contributed by atoms with Crippen molar-refractivity contribution in [2.45, 2.75) is 12.8 Å². The van der Waals surface area contributed by atoms with Crippen LogP contribution in [0.5, 0.6) is 11.5 Å². The molecule has 0 bridgehead atoms. The molecule has 1 aliphatic rings. The van der Waals surface area contributed by atoms with E-state index in [1.165, 1.54) is 17.7 Å². The Morgan fingerprint density at radius 1 is 0.926 bits per heavy atom. The summed E-state index contributed by atoms with van der Waals surface area (Å²) in [5.41, 5.74) is 6.18. The highest BCUT2D eigenvalue weighted by Crippen LogP contribution is 2.43. The zero-order valence-electron chi connectivity index (χ0n) is 14.8. The van der Waals surface area contributed by atoms with Gasteiger partial charge in [0.2, 0.25) is 0 Å². The van der Waals surface area contributed by atoms with Crippen molar-refractivity contribution in [3.05, 3.63) is 93.8 Å². The Labute approximate surface area is 162 Å². The van der Waals surface area contributed by atoms with Crippen molar-refractivity contribution in [2.24, 2.45) is 0 Å². The van der Waals surface area contributed by atoms with Gasteiger partial charge in [-0.2, -0.15) is 0 Å². The van der Waals surface area contributed by atoms with Gasteiger partial charge in [-0.05, 0) is 82.6 Å². The summed E-state index contributed by atoms with van der Waals surface area (Å²) in [6, 6.07) is 17.7. The maximum Gasteiger partial charge on any atom is 0.124 e. The predicted molar refractivity (Wildman–Crippen MR) is 107 cm³/mol. The molecule has 0 aliphatic heterocycles. The highest BCUT2D eigenvalue weighted by Gasteiger charge is 2.23. The van der Waals surface area contributed by atoms with Gasteiger partial charge in [0, 0.05) is 0 Å². The molecule has 0 radical (unpaired) electrons. The van der Waals surface area contributed by atoms with Crippen LogP contribution in [0.1, 0.15) is 28.7 Å². The number of ether oxygens (including phenoxy) is 1. The first-order chi connectivity index (χ1) is 13.1. The van der Waals surface area contributed by atoms with Gasteiger partial charge in [0.25, 0.3) is 0 Å². The Hall–Kier alpha value is -2.78. The molecule has 0 amide bonds. The molecule has 0 saturated carbocycles. The van der Waals surface area contributed by atoms with Gasteiger partial charge in [0.05, 0.1) is 12.1 Å². The minimum Gasteiger partial charge on any atom is -0.508 e. The standard InChI is InChI=1S/C23H18ClFO2/c1-27-18-9-4-14-5-10-20(19-11-6-16(25)12-22(19)24)23(21(14)13-18)15-2-7-17(26)8-3-15/h2-4,6-9,11-13,26H,5,10H2,1H3. The van der Waals surface area contributed by atoms with Gasteiger partial charge in [-0.15, -0.1) is 0 Å². The molecule has 0 unspecified atom stereocenters. The van der Waals surface area contributed by atoms with Crippen LogP contribution < -0.4 is 4.74 Å². The predicted octanol–water partition coefficient (Wildman–Crippen LogP) is 6.10. The lowest BCUT2D eigenvalue weighted by atomic mass is 9.79. The van der Waals surface area contributed by atoms with E-state index in [0.29, 0.717) is 5.02 Å². The molecular weight excluding hydrogens is 363 g/mol. The molecule has 4 heteroatoms. The first-order valence-corrected chi connectivity index (χ1v) is 9.10. The van der Waals surface area contributed by atoms with Crippen LogP contribution in [0.2, 0.25) is 5.02 Å². The Balaban J connectivity index is 2.01. The van der Waals surface area contributed by atoms with E-state index in [1.807, 2.05) is 24.3 Å². The van der Waals surface area contributed by atoms with Crippen molar-refractivity contribution < 1.29 is 14.2 Å². The smallest absolute Gasteiger partial charge is 0.124 e. The molecule has 4 rings (SSSR count). The molecule has 1 aliphatic carbocycles. The van der Waals surface area contributed by atoms with Crippen LogP contribution >= 0.6 is 11.6 Å². The van der Waals surface area contributed by atoms with Crippen molar-refractivity contribution in [1.82, 2.24) is 0 Å². The van der Waals surface area contributed by atoms with Gasteiger partial charge < -0.3 is 9.84 Å². The van der Waals surface area contributed by atoms with E-state index in [9.17, 15) is 9.50 Å². The number of halogens is 2. The lowest BCUT2D eigenvalue weighted by Crippen LogP contribution is -2.07. The molecule has 27 heavy (non-hydrogen) atoms. The van der Waals surface area contributed by atoms with Crippen LogP contribution in [0.4, 0.5) is 4.39 Å². The summed E-state index contributed by atoms with van der Waals surface area (Å²) in [5.74, 6) is 0.632. The number of aromatic hydroxyl groups is 1. The zero-order valence-corrected chi connectivity index (χ0v) is 15.6. The highest BCUT2D eigenvalue weighted by molar-refractivity contribution is 6.32. The molecule has 0 saturated heterocycles. The minimum absolute atomic E-state index is 0.211. The normalized spacial score (nSPS) is 13.4. The average Bonchev–Trinajstić information content (AvgIpc) is 2.67. The van der Waals surface area contributed by atoms with E-state index < -0.39 is 0 Å². The Bertz CT molecular complexity index is 1040. The van der Waals surface area contributed by atoms with Crippen LogP contribution in [0.15, 0.2) is 60.7 Å². The van der Waals surface area contributed by atoms with Crippen LogP contribution in [-0.2, 0) is 6.42 Å². The van der Waals surface area contributed by atoms with Gasteiger partial charge >= 0.3 is 0 Å². The Morgan fingerprint density at radius 2 is 1.70 bits per heavy atom. The number of hydrogen-bond acceptors (Lipinski definition) is 2. The number of benzene rings is 3. The summed E-state index contributed by atoms with van der Waals surface area (Å²) in [5, 5.41) is 10.1. The van der Waals surface area contributed by atoms with Crippen LogP contribution in [0.3, 0.4) is 0 Å². The summed E-state index contributed by atoms with van der Waals surface area (Å²) in [6.45, 7) is 0. The molecule has 2 nitrogen and oxygen atoms in total. The third kappa shape index (κ3) is 3.31. The molecule has 0 heterocycles. The first-order valence-electron chi connectivity index (χ1n) is 8.72. The number of rotatable bonds is 3. The lowest BCUT2D eigenvalue weighted by molar-refractivity contribution is 0.414. The Kier molecular flexibility index (Phi) is 4.63. The third-order valence-corrected chi connectivity index (χ3v) is 5.26. The monoisotopic (exact) mass is 380 g/mol. The number of fused-ring (bicyclic) bond motifs is 1. The molecule has 136 valence electrons. The van der Waals surface area contributed by atoms with Crippen molar-refractivity contribution in [2.75, 3.05) is 7.11 Å². The maximum absolute atomic E-state index is 13.6. The molecular formula is C23H18ClFO2. The number of allylic oxidation sites excluding steroid dienone is 1. The summed E-state index contributed by atoms with van der Waals surface area (Å²) in [4.78, 5) is 0. The quantitative estimate of drug-likeness (QED) is 0.595. The topological polar surface area (TPSA) is 29.5 Å². The van der Waals surface area contributed by atoms with Crippen LogP contribution in [0, 0.1) is 5.82 Å². The number of hydrogen-bond donors (Lipinski definition) is 1. The first kappa shape index (κ1) is 17.6. The number of phenols is 1. The second-order valence-electron chi connectivity index (χ2n) is 6.55. The van der Waals surface area contributed by atoms with Crippen LogP contribution in [0.25, 0.3) is 11.1 Å². The Morgan fingerprint density at radius 3 is 2.41 bits per heavy atom. The second-order valence-corrected chi connectivity index (χ2v) is 6.95. The van der Waals surface area contributed by atoms with E-state index in [-0.39, 0.29) is 11.6 Å². The van der Waals surface area contributed by atoms with E-state index >= 15 is 0 Å². The van der Waals surface area contributed by atoms with E-state index in [4.69, 9.17) is 16.3 Å². The fourth-order valence-corrected chi connectivity index (χ4v) is 3.92. The van der Waals surface area contributed by atoms with Crippen LogP contribution in [-0.4, -0.2) is 12.2 Å². The van der Waals surface area contributed by atoms with Gasteiger partial charge in [-0.3, -0.25) is 0 Å². The number of aryl methyl sites for hydroxylation is 1. The fraction of sp³-hybridized carbons (Fsp3) is 0.130. The average molecular weight is 381 g/mol. The summed E-state index contributed by atoms with van der Waals surface area (Å²) in [6.07, 6.45) is 1.66. The second kappa shape index (κ2) is 7.09. The van der Waals surface area contributed by atoms with E-state index in [0.717, 1.165) is 46.4 Å². The largest absolute Gasteiger partial charge is 0.508 e. The minimum atomic E-state index is -0.353. The van der Waals surface area contributed by atoms with E-state index in [2.05, 4.69) is 6.07 Å². The highest BCUT2D eigenvalue weighted by atomic mass is 35.5. The molecule has 0 aromatic heterocycles. The summed E-state index contributed by atoms with van der Waals surface area (Å²) in [7, 11) is 1.65. The van der Waals surface area contributed by atoms with Gasteiger partial charge in [-0.1, -0.05) is 35.9 Å². The summed E-state index contributed by atoms with van der Waals surface area (Å²) >= 11 is 6.39.